The van der Waals surface area contributed by atoms with Crippen LogP contribution in [0.1, 0.15) is 31.2 Å². The van der Waals surface area contributed by atoms with Crippen LogP contribution in [-0.4, -0.2) is 16.2 Å². The minimum Gasteiger partial charge on any atom is -0.491 e. The van der Waals surface area contributed by atoms with Crippen molar-refractivity contribution in [2.75, 3.05) is 0 Å². The molecule has 0 bridgehead atoms. The molecule has 0 aliphatic heterocycles. The highest BCUT2D eigenvalue weighted by atomic mass is 32.1. The first-order chi connectivity index (χ1) is 8.16. The molecule has 1 aromatic carbocycles. The molecule has 0 spiro atoms. The van der Waals surface area contributed by atoms with Gasteiger partial charge in [0.1, 0.15) is 11.9 Å². The Hall–Kier alpha value is -1.39. The minimum atomic E-state index is -0.683. The molecule has 1 N–H and O–H groups in total. The molecule has 1 unspecified atom stereocenters. The van der Waals surface area contributed by atoms with E-state index in [0.717, 1.165) is 11.3 Å². The van der Waals surface area contributed by atoms with Gasteiger partial charge in [-0.25, -0.2) is 4.98 Å². The van der Waals surface area contributed by atoms with E-state index in [0.29, 0.717) is 5.69 Å². The van der Waals surface area contributed by atoms with Gasteiger partial charge in [0, 0.05) is 5.38 Å². The fraction of sp³-hybridized carbons (Fsp3) is 0.308. The summed E-state index contributed by atoms with van der Waals surface area (Å²) in [5, 5.41) is 12.0. The third-order valence-electron chi connectivity index (χ3n) is 2.28. The molecule has 0 saturated heterocycles. The van der Waals surface area contributed by atoms with Crippen molar-refractivity contribution in [3.05, 3.63) is 46.4 Å². The van der Waals surface area contributed by atoms with Crippen LogP contribution in [0, 0.1) is 0 Å². The Bertz CT molecular complexity index is 468. The highest BCUT2D eigenvalue weighted by Crippen LogP contribution is 2.25. The molecule has 0 aliphatic rings. The van der Waals surface area contributed by atoms with Gasteiger partial charge in [0.2, 0.25) is 0 Å². The van der Waals surface area contributed by atoms with Crippen LogP contribution >= 0.6 is 11.3 Å². The summed E-state index contributed by atoms with van der Waals surface area (Å²) in [4.78, 5) is 4.11. The van der Waals surface area contributed by atoms with Gasteiger partial charge in [-0.1, -0.05) is 12.1 Å². The lowest BCUT2D eigenvalue weighted by atomic mass is 10.1. The number of rotatable bonds is 4. The molecular weight excluding hydrogens is 234 g/mol. The first kappa shape index (κ1) is 12.1. The summed E-state index contributed by atoms with van der Waals surface area (Å²) < 4.78 is 5.59. The van der Waals surface area contributed by atoms with Gasteiger partial charge >= 0.3 is 0 Å². The van der Waals surface area contributed by atoms with E-state index in [9.17, 15) is 5.11 Å². The van der Waals surface area contributed by atoms with E-state index >= 15 is 0 Å². The van der Waals surface area contributed by atoms with Gasteiger partial charge < -0.3 is 9.84 Å². The van der Waals surface area contributed by atoms with Gasteiger partial charge in [0.25, 0.3) is 0 Å². The quantitative estimate of drug-likeness (QED) is 0.905. The Morgan fingerprint density at radius 3 is 2.82 bits per heavy atom. The predicted molar refractivity (Wildman–Crippen MR) is 68.4 cm³/mol. The molecule has 4 heteroatoms. The van der Waals surface area contributed by atoms with Gasteiger partial charge in [-0.05, 0) is 31.5 Å². The maximum absolute atomic E-state index is 10.1. The summed E-state index contributed by atoms with van der Waals surface area (Å²) >= 11 is 1.48. The molecule has 2 aromatic rings. The van der Waals surface area contributed by atoms with Crippen molar-refractivity contribution < 1.29 is 9.84 Å². The lowest BCUT2D eigenvalue weighted by Crippen LogP contribution is -2.06. The molecule has 0 fully saturated rings. The average Bonchev–Trinajstić information content (AvgIpc) is 2.81. The molecule has 1 heterocycles. The number of nitrogens with zero attached hydrogens (tertiary/aromatic N) is 1. The predicted octanol–water partition coefficient (Wildman–Crippen LogP) is 3.01. The van der Waals surface area contributed by atoms with Gasteiger partial charge in [0.05, 0.1) is 17.3 Å². The zero-order chi connectivity index (χ0) is 12.3. The van der Waals surface area contributed by atoms with Crippen molar-refractivity contribution >= 4 is 11.3 Å². The largest absolute Gasteiger partial charge is 0.491 e. The van der Waals surface area contributed by atoms with Crippen molar-refractivity contribution in [2.45, 2.75) is 26.1 Å². The van der Waals surface area contributed by atoms with E-state index in [-0.39, 0.29) is 6.10 Å². The Kier molecular flexibility index (Phi) is 3.76. The topological polar surface area (TPSA) is 42.4 Å². The van der Waals surface area contributed by atoms with Crippen LogP contribution in [0.25, 0.3) is 0 Å². The van der Waals surface area contributed by atoms with Crippen LogP contribution in [0.15, 0.2) is 35.2 Å². The van der Waals surface area contributed by atoms with E-state index in [2.05, 4.69) is 4.98 Å². The zero-order valence-corrected chi connectivity index (χ0v) is 10.6. The van der Waals surface area contributed by atoms with E-state index in [1.807, 2.05) is 43.5 Å². The summed E-state index contributed by atoms with van der Waals surface area (Å²) in [7, 11) is 0. The number of aromatic nitrogens is 1. The third kappa shape index (κ3) is 3.05. The number of thiazole rings is 1. The monoisotopic (exact) mass is 249 g/mol. The Morgan fingerprint density at radius 1 is 1.35 bits per heavy atom. The molecule has 0 saturated carbocycles. The molecule has 0 amide bonds. The number of hydrogen-bond donors (Lipinski definition) is 1. The fourth-order valence-corrected chi connectivity index (χ4v) is 2.13. The van der Waals surface area contributed by atoms with Crippen LogP contribution in [0.3, 0.4) is 0 Å². The molecule has 0 radical (unpaired) electrons. The van der Waals surface area contributed by atoms with Crippen LogP contribution in [0.5, 0.6) is 5.75 Å². The molecule has 3 nitrogen and oxygen atoms in total. The lowest BCUT2D eigenvalue weighted by Gasteiger charge is -2.13. The van der Waals surface area contributed by atoms with Crippen molar-refractivity contribution in [3.63, 3.8) is 0 Å². The molecule has 1 aromatic heterocycles. The molecule has 2 rings (SSSR count). The maximum Gasteiger partial charge on any atom is 0.122 e. The Labute approximate surface area is 105 Å². The SMILES string of the molecule is CC(C)Oc1cccc(C(O)c2cscn2)c1. The molecular formula is C13H15NO2S. The van der Waals surface area contributed by atoms with Crippen molar-refractivity contribution in [2.24, 2.45) is 0 Å². The maximum atomic E-state index is 10.1. The van der Waals surface area contributed by atoms with E-state index in [1.165, 1.54) is 11.3 Å². The standard InChI is InChI=1S/C13H15NO2S/c1-9(2)16-11-5-3-4-10(6-11)13(15)12-7-17-8-14-12/h3-9,13,15H,1-2H3. The third-order valence-corrected chi connectivity index (χ3v) is 2.88. The van der Waals surface area contributed by atoms with Crippen molar-refractivity contribution in [3.8, 4) is 5.75 Å². The summed E-state index contributed by atoms with van der Waals surface area (Å²) in [6, 6.07) is 7.49. The first-order valence-corrected chi connectivity index (χ1v) is 6.44. The fourth-order valence-electron chi connectivity index (χ4n) is 1.56. The molecule has 1 atom stereocenters. The summed E-state index contributed by atoms with van der Waals surface area (Å²) in [5.41, 5.74) is 3.19. The number of hydrogen-bond acceptors (Lipinski definition) is 4. The molecule has 0 aliphatic carbocycles. The second-order valence-corrected chi connectivity index (χ2v) is 4.77. The number of aliphatic hydroxyl groups is 1. The van der Waals surface area contributed by atoms with E-state index < -0.39 is 6.10 Å². The summed E-state index contributed by atoms with van der Waals surface area (Å²) in [6.45, 7) is 3.95. The second-order valence-electron chi connectivity index (χ2n) is 4.05. The van der Waals surface area contributed by atoms with Gasteiger partial charge in [-0.15, -0.1) is 11.3 Å². The first-order valence-electron chi connectivity index (χ1n) is 5.49. The van der Waals surface area contributed by atoms with Crippen LogP contribution in [0.4, 0.5) is 0 Å². The molecule has 90 valence electrons. The van der Waals surface area contributed by atoms with Crippen molar-refractivity contribution in [1.29, 1.82) is 0 Å². The molecule has 17 heavy (non-hydrogen) atoms. The van der Waals surface area contributed by atoms with Gasteiger partial charge in [-0.2, -0.15) is 0 Å². The zero-order valence-electron chi connectivity index (χ0n) is 9.83. The summed E-state index contributed by atoms with van der Waals surface area (Å²) in [6.07, 6.45) is -0.557. The number of aliphatic hydroxyl groups excluding tert-OH is 1. The van der Waals surface area contributed by atoms with Crippen LogP contribution < -0.4 is 4.74 Å². The normalized spacial score (nSPS) is 12.7. The Balaban J connectivity index is 2.21. The van der Waals surface area contributed by atoms with Gasteiger partial charge in [-0.3, -0.25) is 0 Å². The average molecular weight is 249 g/mol. The van der Waals surface area contributed by atoms with Crippen molar-refractivity contribution in [1.82, 2.24) is 4.98 Å². The smallest absolute Gasteiger partial charge is 0.122 e. The van der Waals surface area contributed by atoms with E-state index in [4.69, 9.17) is 4.74 Å². The second kappa shape index (κ2) is 5.29. The van der Waals surface area contributed by atoms with Crippen LogP contribution in [-0.2, 0) is 0 Å². The summed E-state index contributed by atoms with van der Waals surface area (Å²) in [5.74, 6) is 0.770. The van der Waals surface area contributed by atoms with Crippen LogP contribution in [0.2, 0.25) is 0 Å². The highest BCUT2D eigenvalue weighted by molar-refractivity contribution is 7.07. The van der Waals surface area contributed by atoms with Gasteiger partial charge in [0.15, 0.2) is 0 Å². The minimum absolute atomic E-state index is 0.127. The Morgan fingerprint density at radius 2 is 2.18 bits per heavy atom. The lowest BCUT2D eigenvalue weighted by molar-refractivity contribution is 0.213. The van der Waals surface area contributed by atoms with E-state index in [1.54, 1.807) is 5.51 Å². The highest BCUT2D eigenvalue weighted by Gasteiger charge is 2.13. The number of benzene rings is 1. The number of ether oxygens (including phenoxy) is 1.